The first kappa shape index (κ1) is 15.3. The van der Waals surface area contributed by atoms with Crippen molar-refractivity contribution in [2.75, 3.05) is 0 Å². The normalized spacial score (nSPS) is 18.3. The smallest absolute Gasteiger partial charge is 0.219 e. The minimum atomic E-state index is -0.868. The van der Waals surface area contributed by atoms with Crippen LogP contribution in [0.4, 0.5) is 0 Å². The Morgan fingerprint density at radius 1 is 1.27 bits per heavy atom. The summed E-state index contributed by atoms with van der Waals surface area (Å²) in [6.07, 6.45) is 8.74. The standard InChI is InChI=1S/C16H15ClN3O2/c1-11-8-13(6-7-14(11)17)22-16(20-10-18-9-19-20)15(21)12-4-2-3-5-12/h2-10,15-16,21H,1H3. The summed E-state index contributed by atoms with van der Waals surface area (Å²) in [4.78, 5) is 3.92. The van der Waals surface area contributed by atoms with Crippen LogP contribution < -0.4 is 4.74 Å². The van der Waals surface area contributed by atoms with Gasteiger partial charge < -0.3 is 9.84 Å². The molecule has 1 aromatic carbocycles. The van der Waals surface area contributed by atoms with Crippen LogP contribution in [0.25, 0.3) is 0 Å². The number of aromatic nitrogens is 3. The number of hydrogen-bond acceptors (Lipinski definition) is 4. The third kappa shape index (κ3) is 3.25. The van der Waals surface area contributed by atoms with Crippen molar-refractivity contribution in [2.24, 2.45) is 0 Å². The van der Waals surface area contributed by atoms with Crippen LogP contribution in [-0.4, -0.2) is 26.0 Å². The second kappa shape index (κ2) is 6.67. The maximum atomic E-state index is 10.6. The zero-order valence-electron chi connectivity index (χ0n) is 11.9. The highest BCUT2D eigenvalue weighted by Gasteiger charge is 2.34. The largest absolute Gasteiger partial charge is 0.466 e. The summed E-state index contributed by atoms with van der Waals surface area (Å²) in [6.45, 7) is 1.90. The van der Waals surface area contributed by atoms with Crippen molar-refractivity contribution in [1.82, 2.24) is 14.8 Å². The highest BCUT2D eigenvalue weighted by molar-refractivity contribution is 6.31. The van der Waals surface area contributed by atoms with Gasteiger partial charge in [0.1, 0.15) is 24.5 Å². The number of ether oxygens (including phenoxy) is 1. The van der Waals surface area contributed by atoms with Crippen LogP contribution in [0.5, 0.6) is 5.75 Å². The number of benzene rings is 1. The van der Waals surface area contributed by atoms with Gasteiger partial charge in [-0.3, -0.25) is 0 Å². The molecular weight excluding hydrogens is 302 g/mol. The van der Waals surface area contributed by atoms with Crippen LogP contribution in [0.15, 0.2) is 30.9 Å². The zero-order valence-corrected chi connectivity index (χ0v) is 12.7. The van der Waals surface area contributed by atoms with Gasteiger partial charge in [-0.05, 0) is 56.4 Å². The molecule has 1 fully saturated rings. The number of aliphatic hydroxyl groups excluding tert-OH is 1. The second-order valence-corrected chi connectivity index (χ2v) is 5.37. The van der Waals surface area contributed by atoms with Crippen LogP contribution in [0, 0.1) is 38.5 Å². The van der Waals surface area contributed by atoms with Crippen molar-refractivity contribution in [3.05, 3.63) is 73.0 Å². The first-order valence-corrected chi connectivity index (χ1v) is 7.19. The Hall–Kier alpha value is -1.59. The van der Waals surface area contributed by atoms with Crippen molar-refractivity contribution in [1.29, 1.82) is 0 Å². The SMILES string of the molecule is Cc1cc(OC(C(O)[C]2[CH][CH][CH][CH]2)n2cncn2)ccc1Cl. The minimum Gasteiger partial charge on any atom is -0.466 e. The van der Waals surface area contributed by atoms with Crippen LogP contribution in [0.1, 0.15) is 11.8 Å². The van der Waals surface area contributed by atoms with Crippen molar-refractivity contribution in [2.45, 2.75) is 19.3 Å². The Morgan fingerprint density at radius 3 is 2.68 bits per heavy atom. The van der Waals surface area contributed by atoms with Crippen molar-refractivity contribution in [3.8, 4) is 5.75 Å². The molecule has 1 N–H and O–H groups in total. The molecule has 1 heterocycles. The van der Waals surface area contributed by atoms with Gasteiger partial charge >= 0.3 is 0 Å². The average Bonchev–Trinajstić information content (AvgIpc) is 3.20. The minimum absolute atomic E-state index is 0.605. The molecule has 0 aliphatic heterocycles. The van der Waals surface area contributed by atoms with Crippen LogP contribution >= 0.6 is 11.6 Å². The lowest BCUT2D eigenvalue weighted by Crippen LogP contribution is -2.34. The highest BCUT2D eigenvalue weighted by Crippen LogP contribution is 2.33. The van der Waals surface area contributed by atoms with Crippen molar-refractivity contribution in [3.63, 3.8) is 0 Å². The Morgan fingerprint density at radius 2 is 2.05 bits per heavy atom. The van der Waals surface area contributed by atoms with E-state index in [1.54, 1.807) is 12.1 Å². The predicted octanol–water partition coefficient (Wildman–Crippen LogP) is 2.58. The fraction of sp³-hybridized carbons (Fsp3) is 0.188. The lowest BCUT2D eigenvalue weighted by Gasteiger charge is -2.27. The van der Waals surface area contributed by atoms with Crippen molar-refractivity contribution < 1.29 is 9.84 Å². The third-order valence-corrected chi connectivity index (χ3v) is 3.81. The molecule has 3 rings (SSSR count). The topological polar surface area (TPSA) is 60.2 Å². The van der Waals surface area contributed by atoms with Gasteiger partial charge in [0, 0.05) is 10.9 Å². The molecule has 5 radical (unpaired) electrons. The molecule has 5 nitrogen and oxygen atoms in total. The molecule has 113 valence electrons. The number of aryl methyl sites for hydroxylation is 1. The Balaban J connectivity index is 1.83. The summed E-state index contributed by atoms with van der Waals surface area (Å²) in [6, 6.07) is 5.35. The molecule has 0 bridgehead atoms. The molecular formula is C16H15ClN3O2. The molecule has 1 saturated carbocycles. The first-order chi connectivity index (χ1) is 10.6. The summed E-state index contributed by atoms with van der Waals surface area (Å²) in [5, 5.41) is 15.3. The van der Waals surface area contributed by atoms with Gasteiger partial charge in [-0.25, -0.2) is 9.67 Å². The molecule has 2 unspecified atom stereocenters. The molecule has 0 amide bonds. The van der Waals surface area contributed by atoms with E-state index in [2.05, 4.69) is 10.1 Å². The van der Waals surface area contributed by atoms with Crippen LogP contribution in [0.2, 0.25) is 5.02 Å². The summed E-state index contributed by atoms with van der Waals surface area (Å²) in [5.41, 5.74) is 0.902. The van der Waals surface area contributed by atoms with E-state index in [-0.39, 0.29) is 0 Å². The molecule has 2 aromatic rings. The lowest BCUT2D eigenvalue weighted by atomic mass is 9.99. The quantitative estimate of drug-likeness (QED) is 0.921. The van der Waals surface area contributed by atoms with E-state index in [9.17, 15) is 5.11 Å². The van der Waals surface area contributed by atoms with Crippen LogP contribution in [0.3, 0.4) is 0 Å². The zero-order chi connectivity index (χ0) is 15.5. The first-order valence-electron chi connectivity index (χ1n) is 6.82. The van der Waals surface area contributed by atoms with Gasteiger partial charge in [0.2, 0.25) is 6.23 Å². The Bertz CT molecular complexity index is 612. The molecule has 1 aliphatic rings. The van der Waals surface area contributed by atoms with E-state index in [4.69, 9.17) is 16.3 Å². The lowest BCUT2D eigenvalue weighted by molar-refractivity contribution is -0.00500. The molecule has 1 aliphatic carbocycles. The molecule has 6 heteroatoms. The highest BCUT2D eigenvalue weighted by atomic mass is 35.5. The van der Waals surface area contributed by atoms with Crippen molar-refractivity contribution >= 4 is 11.6 Å². The van der Waals surface area contributed by atoms with E-state index in [0.717, 1.165) is 11.5 Å². The number of aliphatic hydroxyl groups is 1. The van der Waals surface area contributed by atoms with Gasteiger partial charge in [0.05, 0.1) is 0 Å². The maximum absolute atomic E-state index is 10.6. The van der Waals surface area contributed by atoms with Gasteiger partial charge in [-0.2, -0.15) is 5.10 Å². The Kier molecular flexibility index (Phi) is 4.64. The molecule has 0 saturated heterocycles. The second-order valence-electron chi connectivity index (χ2n) is 4.96. The summed E-state index contributed by atoms with van der Waals surface area (Å²) >= 11 is 6.03. The monoisotopic (exact) mass is 316 g/mol. The fourth-order valence-electron chi connectivity index (χ4n) is 2.19. The maximum Gasteiger partial charge on any atom is 0.219 e. The van der Waals surface area contributed by atoms with Gasteiger partial charge in [-0.15, -0.1) is 0 Å². The van der Waals surface area contributed by atoms with E-state index in [0.29, 0.717) is 10.8 Å². The molecule has 2 atom stereocenters. The van der Waals surface area contributed by atoms with E-state index < -0.39 is 12.3 Å². The van der Waals surface area contributed by atoms with Gasteiger partial charge in [0.15, 0.2) is 0 Å². The summed E-state index contributed by atoms with van der Waals surface area (Å²) in [5.74, 6) is 1.36. The third-order valence-electron chi connectivity index (χ3n) is 3.38. The summed E-state index contributed by atoms with van der Waals surface area (Å²) in [7, 11) is 0. The number of nitrogens with zero attached hydrogens (tertiary/aromatic N) is 3. The molecule has 22 heavy (non-hydrogen) atoms. The molecule has 0 spiro atoms. The van der Waals surface area contributed by atoms with E-state index in [1.807, 2.05) is 38.7 Å². The van der Waals surface area contributed by atoms with E-state index >= 15 is 0 Å². The number of hydrogen-bond donors (Lipinski definition) is 1. The van der Waals surface area contributed by atoms with E-state index in [1.165, 1.54) is 17.3 Å². The number of halogens is 1. The number of rotatable bonds is 5. The summed E-state index contributed by atoms with van der Waals surface area (Å²) < 4.78 is 7.42. The average molecular weight is 317 g/mol. The fourth-order valence-corrected chi connectivity index (χ4v) is 2.31. The molecule has 1 aromatic heterocycles. The van der Waals surface area contributed by atoms with Gasteiger partial charge in [-0.1, -0.05) is 11.6 Å². The van der Waals surface area contributed by atoms with Gasteiger partial charge in [0.25, 0.3) is 0 Å². The Labute approximate surface area is 134 Å². The van der Waals surface area contributed by atoms with Crippen LogP contribution in [-0.2, 0) is 0 Å². The predicted molar refractivity (Wildman–Crippen MR) is 82.3 cm³/mol.